The molecule has 0 unspecified atom stereocenters. The van der Waals surface area contributed by atoms with Gasteiger partial charge in [-0.25, -0.2) is 4.98 Å². The second kappa shape index (κ2) is 5.31. The summed E-state index contributed by atoms with van der Waals surface area (Å²) in [5.41, 5.74) is 8.05. The van der Waals surface area contributed by atoms with Crippen molar-refractivity contribution in [1.29, 1.82) is 0 Å². The number of hydrogen-bond donors (Lipinski definition) is 1. The third-order valence-corrected chi connectivity index (χ3v) is 3.21. The summed E-state index contributed by atoms with van der Waals surface area (Å²) < 4.78 is 6.80. The van der Waals surface area contributed by atoms with Gasteiger partial charge in [0.1, 0.15) is 5.69 Å². The van der Waals surface area contributed by atoms with Crippen LogP contribution in [-0.2, 0) is 0 Å². The Morgan fingerprint density at radius 1 is 1.00 bits per heavy atom. The van der Waals surface area contributed by atoms with E-state index in [0.29, 0.717) is 22.9 Å². The molecular formula is C17H11N5O. The summed E-state index contributed by atoms with van der Waals surface area (Å²) >= 11 is 0. The van der Waals surface area contributed by atoms with Crippen LogP contribution >= 0.6 is 0 Å². The highest BCUT2D eigenvalue weighted by Crippen LogP contribution is 2.20. The van der Waals surface area contributed by atoms with Gasteiger partial charge < -0.3 is 10.2 Å². The minimum atomic E-state index is 0.227. The predicted molar refractivity (Wildman–Crippen MR) is 85.3 cm³/mol. The van der Waals surface area contributed by atoms with E-state index in [0.717, 1.165) is 5.56 Å². The molecule has 3 aromatic heterocycles. The fourth-order valence-corrected chi connectivity index (χ4v) is 2.16. The van der Waals surface area contributed by atoms with Crippen molar-refractivity contribution in [1.82, 2.24) is 19.6 Å². The largest absolute Gasteiger partial charge is 0.463 e. The summed E-state index contributed by atoms with van der Waals surface area (Å²) in [6.07, 6.45) is 1.59. The van der Waals surface area contributed by atoms with Crippen LogP contribution in [0, 0.1) is 11.8 Å². The average Bonchev–Trinajstić information content (AvgIpc) is 3.23. The van der Waals surface area contributed by atoms with Crippen molar-refractivity contribution < 1.29 is 4.42 Å². The first-order valence-corrected chi connectivity index (χ1v) is 6.94. The molecule has 0 radical (unpaired) electrons. The number of rotatable bonds is 1. The monoisotopic (exact) mass is 301 g/mol. The Labute approximate surface area is 131 Å². The molecule has 3 heterocycles. The zero-order valence-electron chi connectivity index (χ0n) is 12.0. The second-order valence-electron chi connectivity index (χ2n) is 4.80. The molecule has 23 heavy (non-hydrogen) atoms. The summed E-state index contributed by atoms with van der Waals surface area (Å²) in [6, 6.07) is 15.0. The zero-order chi connectivity index (χ0) is 15.6. The van der Waals surface area contributed by atoms with Gasteiger partial charge in [0.15, 0.2) is 11.4 Å². The van der Waals surface area contributed by atoms with Crippen LogP contribution in [0.4, 0.5) is 5.95 Å². The van der Waals surface area contributed by atoms with Gasteiger partial charge in [-0.3, -0.25) is 0 Å². The molecule has 0 aliphatic rings. The van der Waals surface area contributed by atoms with Crippen molar-refractivity contribution in [3.63, 3.8) is 0 Å². The first kappa shape index (κ1) is 13.1. The maximum Gasteiger partial charge on any atom is 0.225 e. The van der Waals surface area contributed by atoms with Gasteiger partial charge in [0.2, 0.25) is 11.8 Å². The zero-order valence-corrected chi connectivity index (χ0v) is 12.0. The van der Waals surface area contributed by atoms with E-state index in [4.69, 9.17) is 10.2 Å². The van der Waals surface area contributed by atoms with Crippen molar-refractivity contribution in [3.05, 3.63) is 66.2 Å². The topological polar surface area (TPSA) is 82.2 Å². The first-order valence-electron chi connectivity index (χ1n) is 6.94. The van der Waals surface area contributed by atoms with Crippen LogP contribution in [0.1, 0.15) is 11.4 Å². The molecule has 4 rings (SSSR count). The van der Waals surface area contributed by atoms with Gasteiger partial charge in [0, 0.05) is 11.6 Å². The van der Waals surface area contributed by atoms with Gasteiger partial charge in [-0.05, 0) is 30.2 Å². The number of fused-ring (bicyclic) bond motifs is 1. The summed E-state index contributed by atoms with van der Waals surface area (Å²) in [5, 5.41) is 4.34. The Morgan fingerprint density at radius 3 is 2.65 bits per heavy atom. The number of benzene rings is 1. The summed E-state index contributed by atoms with van der Waals surface area (Å²) in [4.78, 5) is 8.55. The predicted octanol–water partition coefficient (Wildman–Crippen LogP) is 2.37. The van der Waals surface area contributed by atoms with Crippen LogP contribution < -0.4 is 5.73 Å². The van der Waals surface area contributed by atoms with Crippen molar-refractivity contribution >= 4 is 11.6 Å². The smallest absolute Gasteiger partial charge is 0.225 e. The van der Waals surface area contributed by atoms with Crippen LogP contribution in [0.2, 0.25) is 0 Å². The van der Waals surface area contributed by atoms with E-state index in [9.17, 15) is 0 Å². The first-order chi connectivity index (χ1) is 11.3. The van der Waals surface area contributed by atoms with Crippen LogP contribution in [0.5, 0.6) is 0 Å². The molecule has 2 N–H and O–H groups in total. The lowest BCUT2D eigenvalue weighted by molar-refractivity contribution is 0.579. The Bertz CT molecular complexity index is 1020. The third kappa shape index (κ3) is 2.51. The van der Waals surface area contributed by atoms with Crippen LogP contribution in [0.3, 0.4) is 0 Å². The van der Waals surface area contributed by atoms with E-state index >= 15 is 0 Å². The molecule has 4 aromatic rings. The van der Waals surface area contributed by atoms with Crippen LogP contribution in [-0.4, -0.2) is 19.6 Å². The molecule has 6 heteroatoms. The highest BCUT2D eigenvalue weighted by molar-refractivity contribution is 5.60. The molecule has 0 atom stereocenters. The Hall–Kier alpha value is -3.59. The summed E-state index contributed by atoms with van der Waals surface area (Å²) in [5.74, 6) is 7.15. The minimum Gasteiger partial charge on any atom is -0.463 e. The summed E-state index contributed by atoms with van der Waals surface area (Å²) in [6.45, 7) is 0. The fourth-order valence-electron chi connectivity index (χ4n) is 2.16. The van der Waals surface area contributed by atoms with Crippen molar-refractivity contribution in [2.24, 2.45) is 0 Å². The molecule has 6 nitrogen and oxygen atoms in total. The molecule has 0 bridgehead atoms. The molecule has 0 aliphatic heterocycles. The van der Waals surface area contributed by atoms with E-state index in [1.54, 1.807) is 18.4 Å². The van der Waals surface area contributed by atoms with Crippen molar-refractivity contribution in [2.45, 2.75) is 0 Å². The van der Waals surface area contributed by atoms with Gasteiger partial charge in [0.25, 0.3) is 0 Å². The summed E-state index contributed by atoms with van der Waals surface area (Å²) in [7, 11) is 0. The molecule has 0 aliphatic carbocycles. The van der Waals surface area contributed by atoms with E-state index in [2.05, 4.69) is 26.9 Å². The molecule has 0 amide bonds. The Balaban J connectivity index is 1.77. The number of nitrogens with zero attached hydrogens (tertiary/aromatic N) is 4. The quantitative estimate of drug-likeness (QED) is 0.546. The average molecular weight is 301 g/mol. The molecule has 110 valence electrons. The SMILES string of the molecule is Nc1nc(C#Cc2ccccc2)nc2cc(-c3ccco3)nn12. The highest BCUT2D eigenvalue weighted by atomic mass is 16.3. The van der Waals surface area contributed by atoms with Crippen molar-refractivity contribution in [2.75, 3.05) is 5.73 Å². The number of nitrogens with two attached hydrogens (primary N) is 1. The molecule has 0 saturated carbocycles. The Morgan fingerprint density at radius 2 is 1.87 bits per heavy atom. The third-order valence-electron chi connectivity index (χ3n) is 3.21. The lowest BCUT2D eigenvalue weighted by Gasteiger charge is -1.97. The number of anilines is 1. The molecule has 0 saturated heterocycles. The van der Waals surface area contributed by atoms with Crippen LogP contribution in [0.25, 0.3) is 17.1 Å². The molecular weight excluding hydrogens is 290 g/mol. The van der Waals surface area contributed by atoms with E-state index in [1.165, 1.54) is 4.52 Å². The maximum absolute atomic E-state index is 5.94. The van der Waals surface area contributed by atoms with Gasteiger partial charge in [-0.1, -0.05) is 24.1 Å². The molecule has 1 aromatic carbocycles. The fraction of sp³-hybridized carbons (Fsp3) is 0. The van der Waals surface area contributed by atoms with E-state index in [-0.39, 0.29) is 5.95 Å². The normalized spacial score (nSPS) is 10.4. The number of hydrogen-bond acceptors (Lipinski definition) is 5. The molecule has 0 spiro atoms. The lowest BCUT2D eigenvalue weighted by atomic mass is 10.2. The van der Waals surface area contributed by atoms with Gasteiger partial charge in [-0.2, -0.15) is 14.6 Å². The number of nitrogen functional groups attached to an aromatic ring is 1. The van der Waals surface area contributed by atoms with E-state index in [1.807, 2.05) is 36.4 Å². The minimum absolute atomic E-state index is 0.227. The second-order valence-corrected chi connectivity index (χ2v) is 4.80. The van der Waals surface area contributed by atoms with E-state index < -0.39 is 0 Å². The van der Waals surface area contributed by atoms with Gasteiger partial charge >= 0.3 is 0 Å². The standard InChI is InChI=1S/C17H11N5O/c18-17-20-15(9-8-12-5-2-1-3-6-12)19-16-11-13(21-22(16)17)14-7-4-10-23-14/h1-7,10-11H,(H2,18,19,20). The van der Waals surface area contributed by atoms with Crippen LogP contribution in [0.15, 0.2) is 59.2 Å². The van der Waals surface area contributed by atoms with Gasteiger partial charge in [-0.15, -0.1) is 0 Å². The van der Waals surface area contributed by atoms with Crippen molar-refractivity contribution in [3.8, 4) is 23.3 Å². The Kier molecular flexibility index (Phi) is 3.03. The highest BCUT2D eigenvalue weighted by Gasteiger charge is 2.11. The molecule has 0 fully saturated rings. The lowest BCUT2D eigenvalue weighted by Crippen LogP contribution is -2.05. The number of aromatic nitrogens is 4. The number of furan rings is 1. The maximum atomic E-state index is 5.94. The van der Waals surface area contributed by atoms with Gasteiger partial charge in [0.05, 0.1) is 6.26 Å².